The van der Waals surface area contributed by atoms with E-state index in [0.717, 1.165) is 29.3 Å². The van der Waals surface area contributed by atoms with Gasteiger partial charge in [-0.3, -0.25) is 0 Å². The van der Waals surface area contributed by atoms with Gasteiger partial charge in [-0.15, -0.1) is 11.3 Å². The molecule has 1 aliphatic rings. The van der Waals surface area contributed by atoms with Crippen LogP contribution in [-0.2, 0) is 5.41 Å². The summed E-state index contributed by atoms with van der Waals surface area (Å²) in [4.78, 5) is 0. The number of thiophene rings is 1. The Morgan fingerprint density at radius 3 is 2.94 bits per heavy atom. The van der Waals surface area contributed by atoms with Crippen molar-refractivity contribution in [1.82, 2.24) is 5.32 Å². The fourth-order valence-corrected chi connectivity index (χ4v) is 3.28. The highest BCUT2D eigenvalue weighted by molar-refractivity contribution is 7.14. The highest BCUT2D eigenvalue weighted by Crippen LogP contribution is 2.54. The first kappa shape index (κ1) is 12.4. The molecule has 1 aromatic heterocycles. The van der Waals surface area contributed by atoms with Crippen molar-refractivity contribution in [2.45, 2.75) is 32.6 Å². The lowest BCUT2D eigenvalue weighted by Crippen LogP contribution is -2.24. The molecule has 0 aromatic carbocycles. The van der Waals surface area contributed by atoms with E-state index in [1.807, 2.05) is 0 Å². The molecule has 0 saturated heterocycles. The fourth-order valence-electron chi connectivity index (χ4n) is 2.26. The van der Waals surface area contributed by atoms with Gasteiger partial charge in [-0.1, -0.05) is 32.4 Å². The van der Waals surface area contributed by atoms with Crippen LogP contribution in [0.25, 0.3) is 0 Å². The minimum Gasteiger partial charge on any atom is -0.316 e. The lowest BCUT2D eigenvalue weighted by molar-refractivity contribution is 0.515. The molecule has 90 valence electrons. The Kier molecular flexibility index (Phi) is 3.62. The molecule has 1 fully saturated rings. The predicted molar refractivity (Wildman–Crippen MR) is 72.5 cm³/mol. The van der Waals surface area contributed by atoms with Crippen LogP contribution in [0, 0.1) is 11.8 Å². The first-order chi connectivity index (χ1) is 7.52. The van der Waals surface area contributed by atoms with Crippen LogP contribution in [0.1, 0.15) is 32.8 Å². The van der Waals surface area contributed by atoms with E-state index in [1.165, 1.54) is 12.0 Å². The molecule has 2 unspecified atom stereocenters. The molecule has 0 radical (unpaired) electrons. The van der Waals surface area contributed by atoms with E-state index in [4.69, 9.17) is 11.6 Å². The summed E-state index contributed by atoms with van der Waals surface area (Å²) in [5.41, 5.74) is 1.81. The molecular formula is C13H20ClNS. The zero-order valence-electron chi connectivity index (χ0n) is 10.2. The molecule has 1 heterocycles. The second kappa shape index (κ2) is 4.67. The SMILES string of the molecule is CC(C)CNCC1CC1(C)c1csc(Cl)c1. The summed E-state index contributed by atoms with van der Waals surface area (Å²) in [6.07, 6.45) is 1.30. The minimum absolute atomic E-state index is 0.383. The second-order valence-electron chi connectivity index (χ2n) is 5.51. The molecule has 1 aromatic rings. The molecule has 1 saturated carbocycles. The summed E-state index contributed by atoms with van der Waals surface area (Å²) in [6, 6.07) is 2.13. The Labute approximate surface area is 107 Å². The molecular weight excluding hydrogens is 238 g/mol. The molecule has 0 spiro atoms. The molecule has 2 rings (SSSR count). The van der Waals surface area contributed by atoms with Crippen molar-refractivity contribution in [3.8, 4) is 0 Å². The van der Waals surface area contributed by atoms with Gasteiger partial charge in [0.25, 0.3) is 0 Å². The Balaban J connectivity index is 1.84. The Morgan fingerprint density at radius 2 is 2.38 bits per heavy atom. The summed E-state index contributed by atoms with van der Waals surface area (Å²) < 4.78 is 0.914. The van der Waals surface area contributed by atoms with Gasteiger partial charge < -0.3 is 5.32 Å². The number of nitrogens with one attached hydrogen (secondary N) is 1. The van der Waals surface area contributed by atoms with E-state index in [0.29, 0.717) is 5.41 Å². The largest absolute Gasteiger partial charge is 0.316 e. The van der Waals surface area contributed by atoms with Crippen LogP contribution >= 0.6 is 22.9 Å². The number of halogens is 1. The lowest BCUT2D eigenvalue weighted by atomic mass is 9.99. The van der Waals surface area contributed by atoms with E-state index in [1.54, 1.807) is 11.3 Å². The normalized spacial score (nSPS) is 28.7. The van der Waals surface area contributed by atoms with Crippen molar-refractivity contribution in [2.24, 2.45) is 11.8 Å². The third kappa shape index (κ3) is 2.61. The fraction of sp³-hybridized carbons (Fsp3) is 0.692. The topological polar surface area (TPSA) is 12.0 Å². The Morgan fingerprint density at radius 1 is 1.62 bits per heavy atom. The van der Waals surface area contributed by atoms with Crippen molar-refractivity contribution in [3.63, 3.8) is 0 Å². The third-order valence-electron chi connectivity index (χ3n) is 3.58. The van der Waals surface area contributed by atoms with E-state index in [9.17, 15) is 0 Å². The lowest BCUT2D eigenvalue weighted by Gasteiger charge is -2.11. The van der Waals surface area contributed by atoms with Gasteiger partial charge in [-0.2, -0.15) is 0 Å². The van der Waals surface area contributed by atoms with Gasteiger partial charge in [0, 0.05) is 0 Å². The quantitative estimate of drug-likeness (QED) is 0.843. The maximum Gasteiger partial charge on any atom is 0.0931 e. The standard InChI is InChI=1S/C13H20ClNS/c1-9(2)6-15-7-11-5-13(11,3)10-4-12(14)16-8-10/h4,8-9,11,15H,5-7H2,1-3H3. The highest BCUT2D eigenvalue weighted by atomic mass is 35.5. The molecule has 16 heavy (non-hydrogen) atoms. The van der Waals surface area contributed by atoms with E-state index in [2.05, 4.69) is 37.5 Å². The van der Waals surface area contributed by atoms with Crippen LogP contribution in [-0.4, -0.2) is 13.1 Å². The summed E-state index contributed by atoms with van der Waals surface area (Å²) >= 11 is 7.64. The van der Waals surface area contributed by atoms with Crippen molar-refractivity contribution in [1.29, 1.82) is 0 Å². The first-order valence-electron chi connectivity index (χ1n) is 5.97. The molecule has 0 bridgehead atoms. The maximum absolute atomic E-state index is 5.99. The predicted octanol–water partition coefficient (Wildman–Crippen LogP) is 3.92. The van der Waals surface area contributed by atoms with Gasteiger partial charge in [0.15, 0.2) is 0 Å². The zero-order valence-corrected chi connectivity index (χ0v) is 11.8. The highest BCUT2D eigenvalue weighted by Gasteiger charge is 2.50. The Hall–Kier alpha value is -0.0500. The van der Waals surface area contributed by atoms with Gasteiger partial charge in [-0.25, -0.2) is 0 Å². The second-order valence-corrected chi connectivity index (χ2v) is 7.05. The van der Waals surface area contributed by atoms with Gasteiger partial charge in [0.2, 0.25) is 0 Å². The van der Waals surface area contributed by atoms with Crippen molar-refractivity contribution >= 4 is 22.9 Å². The van der Waals surface area contributed by atoms with E-state index < -0.39 is 0 Å². The minimum atomic E-state index is 0.383. The van der Waals surface area contributed by atoms with Crippen LogP contribution in [0.15, 0.2) is 11.4 Å². The van der Waals surface area contributed by atoms with Crippen molar-refractivity contribution < 1.29 is 0 Å². The number of hydrogen-bond donors (Lipinski definition) is 1. The third-order valence-corrected chi connectivity index (χ3v) is 4.67. The van der Waals surface area contributed by atoms with Crippen LogP contribution in [0.5, 0.6) is 0 Å². The molecule has 0 aliphatic heterocycles. The van der Waals surface area contributed by atoms with Gasteiger partial charge >= 0.3 is 0 Å². The average molecular weight is 258 g/mol. The molecule has 1 N–H and O–H groups in total. The molecule has 3 heteroatoms. The Bertz CT molecular complexity index is 361. The van der Waals surface area contributed by atoms with Gasteiger partial charge in [-0.05, 0) is 53.8 Å². The van der Waals surface area contributed by atoms with Crippen LogP contribution in [0.3, 0.4) is 0 Å². The van der Waals surface area contributed by atoms with Crippen molar-refractivity contribution in [2.75, 3.05) is 13.1 Å². The molecule has 0 amide bonds. The zero-order chi connectivity index (χ0) is 11.8. The summed E-state index contributed by atoms with van der Waals surface area (Å²) in [5, 5.41) is 5.76. The first-order valence-corrected chi connectivity index (χ1v) is 7.23. The monoisotopic (exact) mass is 257 g/mol. The average Bonchev–Trinajstić information content (AvgIpc) is 2.66. The summed E-state index contributed by atoms with van der Waals surface area (Å²) in [5.74, 6) is 1.53. The van der Waals surface area contributed by atoms with Crippen LogP contribution in [0.4, 0.5) is 0 Å². The number of rotatable bonds is 5. The van der Waals surface area contributed by atoms with Crippen molar-refractivity contribution in [3.05, 3.63) is 21.3 Å². The van der Waals surface area contributed by atoms with Crippen LogP contribution in [0.2, 0.25) is 4.34 Å². The molecule has 1 aliphatic carbocycles. The molecule has 1 nitrogen and oxygen atoms in total. The van der Waals surface area contributed by atoms with E-state index in [-0.39, 0.29) is 0 Å². The van der Waals surface area contributed by atoms with Gasteiger partial charge in [0.05, 0.1) is 4.34 Å². The number of hydrogen-bond acceptors (Lipinski definition) is 2. The smallest absolute Gasteiger partial charge is 0.0931 e. The summed E-state index contributed by atoms with van der Waals surface area (Å²) in [6.45, 7) is 9.11. The van der Waals surface area contributed by atoms with E-state index >= 15 is 0 Å². The maximum atomic E-state index is 5.99. The van der Waals surface area contributed by atoms with Gasteiger partial charge in [0.1, 0.15) is 0 Å². The van der Waals surface area contributed by atoms with Crippen LogP contribution < -0.4 is 5.32 Å². The summed E-state index contributed by atoms with van der Waals surface area (Å²) in [7, 11) is 0. The molecule has 2 atom stereocenters.